The minimum Gasteiger partial charge on any atom is -0.325 e. The Labute approximate surface area is 189 Å². The van der Waals surface area contributed by atoms with Gasteiger partial charge in [-0.05, 0) is 37.6 Å². The molecule has 0 aliphatic carbocycles. The number of aromatic nitrogens is 4. The Balaban J connectivity index is 1.43. The van der Waals surface area contributed by atoms with E-state index in [1.807, 2.05) is 60.0 Å². The molecular weight excluding hydrogens is 426 g/mol. The molecule has 1 N–H and O–H groups in total. The number of carbonyl (C=O) groups excluding carboxylic acids is 1. The van der Waals surface area contributed by atoms with E-state index in [-0.39, 0.29) is 17.7 Å². The number of hydrogen-bond acceptors (Lipinski definition) is 6. The second-order valence-electron chi connectivity index (χ2n) is 7.05. The van der Waals surface area contributed by atoms with Gasteiger partial charge in [0.25, 0.3) is 0 Å². The first-order valence-corrected chi connectivity index (χ1v) is 11.9. The molecule has 4 rings (SSSR count). The molecule has 0 fully saturated rings. The van der Waals surface area contributed by atoms with E-state index in [9.17, 15) is 4.79 Å². The molecule has 0 saturated heterocycles. The van der Waals surface area contributed by atoms with Crippen molar-refractivity contribution in [3.05, 3.63) is 66.2 Å². The van der Waals surface area contributed by atoms with Gasteiger partial charge in [-0.15, -0.1) is 21.5 Å². The van der Waals surface area contributed by atoms with E-state index >= 15 is 0 Å². The van der Waals surface area contributed by atoms with Crippen LogP contribution in [0, 0.1) is 0 Å². The van der Waals surface area contributed by atoms with Gasteiger partial charge in [-0.1, -0.05) is 49.0 Å². The fourth-order valence-electron chi connectivity index (χ4n) is 3.13. The van der Waals surface area contributed by atoms with Crippen LogP contribution >= 0.6 is 23.1 Å². The van der Waals surface area contributed by atoms with Gasteiger partial charge in [0, 0.05) is 34.4 Å². The van der Waals surface area contributed by atoms with E-state index in [1.54, 1.807) is 17.5 Å². The molecule has 1 atom stereocenters. The molecule has 31 heavy (non-hydrogen) atoms. The number of rotatable bonds is 8. The van der Waals surface area contributed by atoms with Gasteiger partial charge in [0.1, 0.15) is 5.01 Å². The molecule has 0 spiro atoms. The number of hydrogen-bond donors (Lipinski definition) is 1. The molecule has 2 aromatic carbocycles. The van der Waals surface area contributed by atoms with E-state index in [0.29, 0.717) is 0 Å². The highest BCUT2D eigenvalue weighted by Gasteiger charge is 2.19. The van der Waals surface area contributed by atoms with E-state index in [0.717, 1.165) is 39.2 Å². The minimum absolute atomic E-state index is 0.0769. The molecule has 1 amide bonds. The number of carbonyl (C=O) groups is 1. The smallest absolute Gasteiger partial charge is 0.234 e. The summed E-state index contributed by atoms with van der Waals surface area (Å²) in [5.41, 5.74) is 2.82. The predicted octanol–water partition coefficient (Wildman–Crippen LogP) is 5.77. The summed E-state index contributed by atoms with van der Waals surface area (Å²) in [5.74, 6) is 1.01. The minimum atomic E-state index is -0.0769. The maximum atomic E-state index is 12.5. The van der Waals surface area contributed by atoms with E-state index in [1.165, 1.54) is 11.8 Å². The summed E-state index contributed by atoms with van der Waals surface area (Å²) in [6, 6.07) is 18.0. The zero-order valence-corrected chi connectivity index (χ0v) is 19.0. The van der Waals surface area contributed by atoms with Gasteiger partial charge in [0.2, 0.25) is 5.91 Å². The molecule has 1 unspecified atom stereocenters. The van der Waals surface area contributed by atoms with E-state index in [4.69, 9.17) is 0 Å². The molecule has 0 radical (unpaired) electrons. The number of benzene rings is 2. The lowest BCUT2D eigenvalue weighted by molar-refractivity contribution is -0.113. The second-order valence-corrected chi connectivity index (χ2v) is 8.89. The lowest BCUT2D eigenvalue weighted by Crippen LogP contribution is -2.15. The Bertz CT molecular complexity index is 1120. The Kier molecular flexibility index (Phi) is 6.79. The standard InChI is InChI=1S/C23H23N5OS2/c1-3-16(2)28-21(17-7-5-4-6-8-17)26-27-23(28)31-15-20(29)25-19-11-9-18(10-12-19)22-24-13-14-30-22/h4-14,16H,3,15H2,1-2H3,(H,25,29). The summed E-state index contributed by atoms with van der Waals surface area (Å²) in [6.45, 7) is 4.28. The van der Waals surface area contributed by atoms with Crippen LogP contribution < -0.4 is 5.32 Å². The number of nitrogens with zero attached hydrogens (tertiary/aromatic N) is 4. The summed E-state index contributed by atoms with van der Waals surface area (Å²) >= 11 is 2.99. The Morgan fingerprint density at radius 1 is 1.10 bits per heavy atom. The SMILES string of the molecule is CCC(C)n1c(SCC(=O)Nc2ccc(-c3nccs3)cc2)nnc1-c1ccccc1. The molecule has 158 valence electrons. The third-order valence-electron chi connectivity index (χ3n) is 4.91. The molecule has 4 aromatic rings. The summed E-state index contributed by atoms with van der Waals surface area (Å²) in [5, 5.41) is 15.4. The summed E-state index contributed by atoms with van der Waals surface area (Å²) in [4.78, 5) is 16.8. The monoisotopic (exact) mass is 449 g/mol. The molecule has 0 aliphatic heterocycles. The zero-order chi connectivity index (χ0) is 21.6. The van der Waals surface area contributed by atoms with Crippen LogP contribution in [0.4, 0.5) is 5.69 Å². The molecule has 0 aliphatic rings. The van der Waals surface area contributed by atoms with E-state index in [2.05, 4.69) is 38.9 Å². The van der Waals surface area contributed by atoms with Crippen LogP contribution in [0.5, 0.6) is 0 Å². The second kappa shape index (κ2) is 9.89. The Morgan fingerprint density at radius 3 is 2.55 bits per heavy atom. The topological polar surface area (TPSA) is 72.7 Å². The number of nitrogens with one attached hydrogen (secondary N) is 1. The van der Waals surface area contributed by atoms with Crippen LogP contribution in [-0.4, -0.2) is 31.4 Å². The lowest BCUT2D eigenvalue weighted by Gasteiger charge is -2.16. The average Bonchev–Trinajstić information content (AvgIpc) is 3.49. The number of thioether (sulfide) groups is 1. The first-order chi connectivity index (χ1) is 15.2. The fourth-order valence-corrected chi connectivity index (χ4v) is 4.61. The van der Waals surface area contributed by atoms with Crippen LogP contribution in [0.15, 0.2) is 71.3 Å². The Morgan fingerprint density at radius 2 is 1.87 bits per heavy atom. The van der Waals surface area contributed by atoms with Gasteiger partial charge in [0.05, 0.1) is 5.75 Å². The number of anilines is 1. The number of thiazole rings is 1. The van der Waals surface area contributed by atoms with Crippen LogP contribution in [0.2, 0.25) is 0 Å². The predicted molar refractivity (Wildman–Crippen MR) is 127 cm³/mol. The maximum absolute atomic E-state index is 12.5. The van der Waals surface area contributed by atoms with Gasteiger partial charge < -0.3 is 5.32 Å². The molecule has 0 saturated carbocycles. The van der Waals surface area contributed by atoms with Crippen molar-refractivity contribution in [2.24, 2.45) is 0 Å². The van der Waals surface area contributed by atoms with Crippen molar-refractivity contribution in [1.82, 2.24) is 19.7 Å². The van der Waals surface area contributed by atoms with Crippen molar-refractivity contribution in [1.29, 1.82) is 0 Å². The molecule has 6 nitrogen and oxygen atoms in total. The zero-order valence-electron chi connectivity index (χ0n) is 17.4. The van der Waals surface area contributed by atoms with Crippen molar-refractivity contribution in [2.75, 3.05) is 11.1 Å². The van der Waals surface area contributed by atoms with Crippen molar-refractivity contribution in [2.45, 2.75) is 31.5 Å². The number of amides is 1. The summed E-state index contributed by atoms with van der Waals surface area (Å²) in [6.07, 6.45) is 2.73. The molecule has 2 aromatic heterocycles. The van der Waals surface area contributed by atoms with Gasteiger partial charge in [-0.2, -0.15) is 0 Å². The highest BCUT2D eigenvalue weighted by Crippen LogP contribution is 2.29. The summed E-state index contributed by atoms with van der Waals surface area (Å²) in [7, 11) is 0. The quantitative estimate of drug-likeness (QED) is 0.346. The van der Waals surface area contributed by atoms with Crippen molar-refractivity contribution >= 4 is 34.7 Å². The largest absolute Gasteiger partial charge is 0.325 e. The fraction of sp³-hybridized carbons (Fsp3) is 0.217. The van der Waals surface area contributed by atoms with Crippen LogP contribution in [0.25, 0.3) is 22.0 Å². The van der Waals surface area contributed by atoms with Crippen LogP contribution in [0.3, 0.4) is 0 Å². The molecular formula is C23H23N5OS2. The van der Waals surface area contributed by atoms with Crippen molar-refractivity contribution in [3.8, 4) is 22.0 Å². The van der Waals surface area contributed by atoms with Crippen molar-refractivity contribution < 1.29 is 4.79 Å². The van der Waals surface area contributed by atoms with Crippen LogP contribution in [0.1, 0.15) is 26.3 Å². The van der Waals surface area contributed by atoms with E-state index < -0.39 is 0 Å². The summed E-state index contributed by atoms with van der Waals surface area (Å²) < 4.78 is 2.12. The first kappa shape index (κ1) is 21.3. The van der Waals surface area contributed by atoms with Gasteiger partial charge in [-0.3, -0.25) is 9.36 Å². The third-order valence-corrected chi connectivity index (χ3v) is 6.67. The van der Waals surface area contributed by atoms with Gasteiger partial charge in [0.15, 0.2) is 11.0 Å². The lowest BCUT2D eigenvalue weighted by atomic mass is 10.2. The maximum Gasteiger partial charge on any atom is 0.234 e. The van der Waals surface area contributed by atoms with Crippen LogP contribution in [-0.2, 0) is 4.79 Å². The molecule has 8 heteroatoms. The Hall–Kier alpha value is -2.97. The normalized spacial score (nSPS) is 11.9. The molecule has 2 heterocycles. The van der Waals surface area contributed by atoms with Crippen molar-refractivity contribution in [3.63, 3.8) is 0 Å². The first-order valence-electron chi connectivity index (χ1n) is 10.1. The van der Waals surface area contributed by atoms with Gasteiger partial charge >= 0.3 is 0 Å². The highest BCUT2D eigenvalue weighted by molar-refractivity contribution is 7.99. The third kappa shape index (κ3) is 5.03. The van der Waals surface area contributed by atoms with Gasteiger partial charge in [-0.25, -0.2) is 4.98 Å². The highest BCUT2D eigenvalue weighted by atomic mass is 32.2. The molecule has 0 bridgehead atoms. The average molecular weight is 450 g/mol.